The third-order valence-electron chi connectivity index (χ3n) is 4.12. The highest BCUT2D eigenvalue weighted by atomic mass is 35.5. The molecule has 8 heteroatoms. The van der Waals surface area contributed by atoms with E-state index in [1.54, 1.807) is 17.0 Å². The van der Waals surface area contributed by atoms with E-state index in [9.17, 15) is 14.0 Å². The molecular weight excluding hydrogens is 347 g/mol. The number of carbonyl (C=O) groups excluding carboxylic acids is 2. The van der Waals surface area contributed by atoms with Crippen LogP contribution in [-0.2, 0) is 4.79 Å². The lowest BCUT2D eigenvalue weighted by molar-refractivity contribution is -0.126. The molecule has 1 aromatic rings. The molecule has 1 aliphatic heterocycles. The minimum Gasteiger partial charge on any atom is -0.356 e. The molecule has 1 aliphatic rings. The summed E-state index contributed by atoms with van der Waals surface area (Å²) >= 11 is 0. The molecule has 1 unspecified atom stereocenters. The van der Waals surface area contributed by atoms with Gasteiger partial charge in [-0.05, 0) is 44.4 Å². The summed E-state index contributed by atoms with van der Waals surface area (Å²) in [6, 6.07) is 5.66. The molecule has 2 rings (SSSR count). The van der Waals surface area contributed by atoms with Crippen LogP contribution < -0.4 is 16.4 Å². The average Bonchev–Trinajstić information content (AvgIpc) is 2.60. The van der Waals surface area contributed by atoms with Gasteiger partial charge in [0.1, 0.15) is 5.82 Å². The molecule has 1 atom stereocenters. The Morgan fingerprint density at radius 3 is 2.76 bits per heavy atom. The van der Waals surface area contributed by atoms with Crippen molar-refractivity contribution < 1.29 is 14.0 Å². The van der Waals surface area contributed by atoms with Gasteiger partial charge in [-0.1, -0.05) is 12.1 Å². The summed E-state index contributed by atoms with van der Waals surface area (Å²) in [5.41, 5.74) is 5.57. The van der Waals surface area contributed by atoms with Gasteiger partial charge >= 0.3 is 6.03 Å². The number of carbonyl (C=O) groups is 2. The number of nitrogens with one attached hydrogen (secondary N) is 2. The number of likely N-dealkylation sites (tertiary alicyclic amines) is 1. The number of hydrogen-bond acceptors (Lipinski definition) is 3. The number of benzene rings is 1. The van der Waals surface area contributed by atoms with Gasteiger partial charge in [-0.15, -0.1) is 12.4 Å². The van der Waals surface area contributed by atoms with Gasteiger partial charge in [0.25, 0.3) is 0 Å². The summed E-state index contributed by atoms with van der Waals surface area (Å²) < 4.78 is 13.6. The first-order valence-corrected chi connectivity index (χ1v) is 8.40. The van der Waals surface area contributed by atoms with E-state index in [0.717, 1.165) is 25.7 Å². The monoisotopic (exact) mass is 372 g/mol. The molecule has 6 nitrogen and oxygen atoms in total. The Labute approximate surface area is 153 Å². The zero-order valence-electron chi connectivity index (χ0n) is 14.2. The quantitative estimate of drug-likeness (QED) is 0.670. The SMILES string of the molecule is Cl.NCCCCNC(=O)C1CCCN(C(=O)Nc2ccccc2F)C1. The van der Waals surface area contributed by atoms with Crippen molar-refractivity contribution in [3.05, 3.63) is 30.1 Å². The Morgan fingerprint density at radius 1 is 1.28 bits per heavy atom. The van der Waals surface area contributed by atoms with Crippen LogP contribution in [0, 0.1) is 11.7 Å². The summed E-state index contributed by atoms with van der Waals surface area (Å²) in [5.74, 6) is -0.726. The van der Waals surface area contributed by atoms with Gasteiger partial charge in [-0.3, -0.25) is 4.79 Å². The van der Waals surface area contributed by atoms with E-state index in [-0.39, 0.29) is 36.0 Å². The molecule has 4 N–H and O–H groups in total. The standard InChI is InChI=1S/C17H25FN4O2.ClH/c18-14-7-1-2-8-15(14)21-17(24)22-11-5-6-13(12-22)16(23)20-10-4-3-9-19;/h1-2,7-8,13H,3-6,9-12,19H2,(H,20,23)(H,21,24);1H. The van der Waals surface area contributed by atoms with Gasteiger partial charge in [-0.25, -0.2) is 9.18 Å². The van der Waals surface area contributed by atoms with Crippen molar-refractivity contribution in [2.75, 3.05) is 31.5 Å². The number of nitrogens with two attached hydrogens (primary N) is 1. The zero-order chi connectivity index (χ0) is 17.4. The molecule has 140 valence electrons. The number of hydrogen-bond donors (Lipinski definition) is 3. The third kappa shape index (κ3) is 6.51. The van der Waals surface area contributed by atoms with Crippen LogP contribution in [0.25, 0.3) is 0 Å². The predicted molar refractivity (Wildman–Crippen MR) is 98.3 cm³/mol. The Morgan fingerprint density at radius 2 is 2.04 bits per heavy atom. The largest absolute Gasteiger partial charge is 0.356 e. The Kier molecular flexibility index (Phi) is 9.23. The number of urea groups is 1. The van der Waals surface area contributed by atoms with E-state index in [0.29, 0.717) is 26.2 Å². The van der Waals surface area contributed by atoms with Gasteiger partial charge < -0.3 is 21.3 Å². The lowest BCUT2D eigenvalue weighted by Gasteiger charge is -2.32. The summed E-state index contributed by atoms with van der Waals surface area (Å²) in [6.45, 7) is 2.14. The van der Waals surface area contributed by atoms with Crippen molar-refractivity contribution in [3.8, 4) is 0 Å². The van der Waals surface area contributed by atoms with Crippen LogP contribution in [0.1, 0.15) is 25.7 Å². The number of rotatable bonds is 6. The van der Waals surface area contributed by atoms with Crippen LogP contribution in [0.2, 0.25) is 0 Å². The fourth-order valence-corrected chi connectivity index (χ4v) is 2.76. The van der Waals surface area contributed by atoms with Gasteiger partial charge in [0, 0.05) is 19.6 Å². The third-order valence-corrected chi connectivity index (χ3v) is 4.12. The van der Waals surface area contributed by atoms with Crippen molar-refractivity contribution >= 4 is 30.0 Å². The number of para-hydroxylation sites is 1. The molecule has 1 fully saturated rings. The van der Waals surface area contributed by atoms with E-state index in [1.807, 2.05) is 0 Å². The van der Waals surface area contributed by atoms with Crippen molar-refractivity contribution in [3.63, 3.8) is 0 Å². The van der Waals surface area contributed by atoms with Crippen LogP contribution in [0.4, 0.5) is 14.9 Å². The van der Waals surface area contributed by atoms with Crippen LogP contribution >= 0.6 is 12.4 Å². The Hall–Kier alpha value is -1.86. The van der Waals surface area contributed by atoms with Crippen LogP contribution in [-0.4, -0.2) is 43.0 Å². The zero-order valence-corrected chi connectivity index (χ0v) is 15.0. The molecular formula is C17H26ClFN4O2. The fraction of sp³-hybridized carbons (Fsp3) is 0.529. The van der Waals surface area contributed by atoms with Gasteiger partial charge in [0.2, 0.25) is 5.91 Å². The molecule has 0 aliphatic carbocycles. The van der Waals surface area contributed by atoms with Crippen molar-refractivity contribution in [1.29, 1.82) is 0 Å². The number of anilines is 1. The first-order chi connectivity index (χ1) is 11.6. The fourth-order valence-electron chi connectivity index (χ4n) is 2.76. The van der Waals surface area contributed by atoms with Gasteiger partial charge in [0.05, 0.1) is 11.6 Å². The second-order valence-electron chi connectivity index (χ2n) is 5.98. The van der Waals surface area contributed by atoms with E-state index in [1.165, 1.54) is 12.1 Å². The second kappa shape index (κ2) is 10.9. The second-order valence-corrected chi connectivity index (χ2v) is 5.98. The maximum absolute atomic E-state index is 13.6. The smallest absolute Gasteiger partial charge is 0.321 e. The van der Waals surface area contributed by atoms with Crippen LogP contribution in [0.15, 0.2) is 24.3 Å². The minimum absolute atomic E-state index is 0. The highest BCUT2D eigenvalue weighted by Gasteiger charge is 2.28. The first kappa shape index (κ1) is 21.2. The number of piperidine rings is 1. The van der Waals surface area contributed by atoms with Crippen molar-refractivity contribution in [2.24, 2.45) is 11.7 Å². The van der Waals surface area contributed by atoms with E-state index in [2.05, 4.69) is 10.6 Å². The molecule has 1 aromatic carbocycles. The van der Waals surface area contributed by atoms with Crippen molar-refractivity contribution in [2.45, 2.75) is 25.7 Å². The highest BCUT2D eigenvalue weighted by molar-refractivity contribution is 5.90. The Bertz CT molecular complexity index is 573. The molecule has 0 aromatic heterocycles. The summed E-state index contributed by atoms with van der Waals surface area (Å²) in [4.78, 5) is 26.0. The average molecular weight is 373 g/mol. The molecule has 1 heterocycles. The maximum atomic E-state index is 13.6. The Balaban J connectivity index is 0.00000312. The van der Waals surface area contributed by atoms with E-state index >= 15 is 0 Å². The van der Waals surface area contributed by atoms with Gasteiger partial charge in [0.15, 0.2) is 0 Å². The number of halogens is 2. The number of nitrogens with zero attached hydrogens (tertiary/aromatic N) is 1. The topological polar surface area (TPSA) is 87.5 Å². The maximum Gasteiger partial charge on any atom is 0.321 e. The molecule has 25 heavy (non-hydrogen) atoms. The van der Waals surface area contributed by atoms with Crippen molar-refractivity contribution in [1.82, 2.24) is 10.2 Å². The lowest BCUT2D eigenvalue weighted by Crippen LogP contribution is -2.47. The lowest BCUT2D eigenvalue weighted by atomic mass is 9.97. The molecule has 3 amide bonds. The molecule has 1 saturated heterocycles. The highest BCUT2D eigenvalue weighted by Crippen LogP contribution is 2.19. The van der Waals surface area contributed by atoms with E-state index < -0.39 is 5.82 Å². The van der Waals surface area contributed by atoms with Crippen LogP contribution in [0.3, 0.4) is 0 Å². The predicted octanol–water partition coefficient (Wildman–Crippen LogP) is 2.35. The summed E-state index contributed by atoms with van der Waals surface area (Å²) in [6.07, 6.45) is 3.24. The van der Waals surface area contributed by atoms with Crippen LogP contribution in [0.5, 0.6) is 0 Å². The van der Waals surface area contributed by atoms with E-state index in [4.69, 9.17) is 5.73 Å². The first-order valence-electron chi connectivity index (χ1n) is 8.40. The molecule has 0 bridgehead atoms. The molecule has 0 spiro atoms. The molecule has 0 radical (unpaired) electrons. The summed E-state index contributed by atoms with van der Waals surface area (Å²) in [5, 5.41) is 5.46. The normalized spacial score (nSPS) is 16.7. The minimum atomic E-state index is -0.475. The van der Waals surface area contributed by atoms with Gasteiger partial charge in [-0.2, -0.15) is 0 Å². The number of unbranched alkanes of at least 4 members (excludes halogenated alkanes) is 1. The number of amides is 3. The molecule has 0 saturated carbocycles. The summed E-state index contributed by atoms with van der Waals surface area (Å²) in [7, 11) is 0.